The lowest BCUT2D eigenvalue weighted by Gasteiger charge is -1.96. The minimum atomic E-state index is -0.476. The van der Waals surface area contributed by atoms with Crippen LogP contribution < -0.4 is 16.4 Å². The predicted molar refractivity (Wildman–Crippen MR) is 55.7 cm³/mol. The molecule has 0 atom stereocenters. The Morgan fingerprint density at radius 2 is 2.24 bits per heavy atom. The van der Waals surface area contributed by atoms with Crippen LogP contribution in [0.5, 0.6) is 0 Å². The third-order valence-electron chi connectivity index (χ3n) is 2.16. The van der Waals surface area contributed by atoms with Gasteiger partial charge in [-0.1, -0.05) is 5.16 Å². The molecule has 1 aliphatic carbocycles. The molecule has 0 spiro atoms. The highest BCUT2D eigenvalue weighted by Crippen LogP contribution is 2.18. The van der Waals surface area contributed by atoms with Crippen molar-refractivity contribution in [3.05, 3.63) is 11.7 Å². The fraction of sp³-hybridized carbons (Fsp3) is 0.556. The minimum Gasteiger partial charge on any atom is -0.369 e. The van der Waals surface area contributed by atoms with E-state index in [1.54, 1.807) is 0 Å². The zero-order valence-corrected chi connectivity index (χ0v) is 9.10. The van der Waals surface area contributed by atoms with E-state index in [9.17, 15) is 9.59 Å². The third-order valence-corrected chi connectivity index (χ3v) is 2.16. The average Bonchev–Trinajstić information content (AvgIpc) is 2.94. The Bertz CT molecular complexity index is 426. The van der Waals surface area contributed by atoms with Gasteiger partial charge in [0.1, 0.15) is 0 Å². The SMILES string of the molecule is NC(=O)CNCc1nc(C(=O)NC2CC2)no1. The summed E-state index contributed by atoms with van der Waals surface area (Å²) >= 11 is 0. The minimum absolute atomic E-state index is 0.00720. The monoisotopic (exact) mass is 239 g/mol. The first-order chi connectivity index (χ1) is 8.15. The molecule has 1 aliphatic rings. The van der Waals surface area contributed by atoms with Gasteiger partial charge in [0.2, 0.25) is 11.8 Å². The van der Waals surface area contributed by atoms with Crippen LogP contribution in [0, 0.1) is 0 Å². The van der Waals surface area contributed by atoms with E-state index in [0.29, 0.717) is 0 Å². The summed E-state index contributed by atoms with van der Waals surface area (Å²) in [6, 6.07) is 0.248. The average molecular weight is 239 g/mol. The highest BCUT2D eigenvalue weighted by atomic mass is 16.5. The van der Waals surface area contributed by atoms with Crippen molar-refractivity contribution >= 4 is 11.8 Å². The second kappa shape index (κ2) is 4.91. The van der Waals surface area contributed by atoms with Crippen LogP contribution in [0.3, 0.4) is 0 Å². The zero-order chi connectivity index (χ0) is 12.3. The van der Waals surface area contributed by atoms with Crippen molar-refractivity contribution in [2.45, 2.75) is 25.4 Å². The molecule has 92 valence electrons. The molecule has 1 fully saturated rings. The lowest BCUT2D eigenvalue weighted by molar-refractivity contribution is -0.117. The van der Waals surface area contributed by atoms with E-state index in [-0.39, 0.29) is 36.8 Å². The molecule has 0 radical (unpaired) electrons. The van der Waals surface area contributed by atoms with Gasteiger partial charge in [-0.2, -0.15) is 4.98 Å². The number of hydrogen-bond acceptors (Lipinski definition) is 6. The largest absolute Gasteiger partial charge is 0.369 e. The topological polar surface area (TPSA) is 123 Å². The quantitative estimate of drug-likeness (QED) is 0.557. The molecule has 1 heterocycles. The van der Waals surface area contributed by atoms with Crippen LogP contribution >= 0.6 is 0 Å². The summed E-state index contributed by atoms with van der Waals surface area (Å²) in [6.07, 6.45) is 1.99. The molecule has 0 saturated heterocycles. The molecule has 8 nitrogen and oxygen atoms in total. The fourth-order valence-corrected chi connectivity index (χ4v) is 1.19. The van der Waals surface area contributed by atoms with Crippen molar-refractivity contribution in [1.29, 1.82) is 0 Å². The molecule has 17 heavy (non-hydrogen) atoms. The van der Waals surface area contributed by atoms with Crippen molar-refractivity contribution in [2.75, 3.05) is 6.54 Å². The lowest BCUT2D eigenvalue weighted by Crippen LogP contribution is -2.28. The Kier molecular flexibility index (Phi) is 3.33. The van der Waals surface area contributed by atoms with Gasteiger partial charge in [-0.05, 0) is 12.8 Å². The van der Waals surface area contributed by atoms with Gasteiger partial charge >= 0.3 is 0 Å². The van der Waals surface area contributed by atoms with Gasteiger partial charge in [-0.15, -0.1) is 0 Å². The Morgan fingerprint density at radius 3 is 2.88 bits per heavy atom. The van der Waals surface area contributed by atoms with Gasteiger partial charge in [-0.25, -0.2) is 0 Å². The molecule has 4 N–H and O–H groups in total. The molecule has 2 rings (SSSR count). The standard InChI is InChI=1S/C9H13N5O3/c10-6(15)3-11-4-7-13-8(14-17-7)9(16)12-5-1-2-5/h5,11H,1-4H2,(H2,10,15)(H,12,16). The summed E-state index contributed by atoms with van der Waals surface area (Å²) in [5.74, 6) is -0.561. The highest BCUT2D eigenvalue weighted by Gasteiger charge is 2.25. The summed E-state index contributed by atoms with van der Waals surface area (Å²) in [4.78, 5) is 25.8. The predicted octanol–water partition coefficient (Wildman–Crippen LogP) is -1.46. The first kappa shape index (κ1) is 11.5. The highest BCUT2D eigenvalue weighted by molar-refractivity contribution is 5.90. The molecular weight excluding hydrogens is 226 g/mol. The molecular formula is C9H13N5O3. The summed E-state index contributed by atoms with van der Waals surface area (Å²) in [5, 5.41) is 8.98. The molecule has 8 heteroatoms. The van der Waals surface area contributed by atoms with E-state index in [0.717, 1.165) is 12.8 Å². The number of nitrogens with zero attached hydrogens (tertiary/aromatic N) is 2. The van der Waals surface area contributed by atoms with E-state index < -0.39 is 5.91 Å². The molecule has 0 aliphatic heterocycles. The number of rotatable bonds is 6. The van der Waals surface area contributed by atoms with Gasteiger partial charge in [0.25, 0.3) is 11.7 Å². The second-order valence-electron chi connectivity index (χ2n) is 3.83. The number of aromatic nitrogens is 2. The van der Waals surface area contributed by atoms with Crippen molar-refractivity contribution in [2.24, 2.45) is 5.73 Å². The fourth-order valence-electron chi connectivity index (χ4n) is 1.19. The maximum atomic E-state index is 11.5. The normalized spacial score (nSPS) is 14.6. The molecule has 1 aromatic rings. The molecule has 0 unspecified atom stereocenters. The van der Waals surface area contributed by atoms with Crippen LogP contribution in [0.15, 0.2) is 4.52 Å². The first-order valence-corrected chi connectivity index (χ1v) is 5.27. The molecule has 1 aromatic heterocycles. The number of hydrogen-bond donors (Lipinski definition) is 3. The van der Waals surface area contributed by atoms with Crippen molar-refractivity contribution in [3.63, 3.8) is 0 Å². The summed E-state index contributed by atoms with van der Waals surface area (Å²) in [5.41, 5.74) is 4.94. The van der Waals surface area contributed by atoms with E-state index in [2.05, 4.69) is 20.8 Å². The van der Waals surface area contributed by atoms with Crippen LogP contribution in [0.2, 0.25) is 0 Å². The van der Waals surface area contributed by atoms with Crippen LogP contribution in [0.1, 0.15) is 29.4 Å². The Labute approximate surface area is 96.9 Å². The van der Waals surface area contributed by atoms with E-state index in [1.165, 1.54) is 0 Å². The van der Waals surface area contributed by atoms with E-state index >= 15 is 0 Å². The summed E-state index contributed by atoms with van der Waals surface area (Å²) in [6.45, 7) is 0.221. The lowest BCUT2D eigenvalue weighted by atomic mass is 10.5. The van der Waals surface area contributed by atoms with E-state index in [4.69, 9.17) is 10.3 Å². The Hall–Kier alpha value is -1.96. The smallest absolute Gasteiger partial charge is 0.292 e. The number of nitrogens with one attached hydrogen (secondary N) is 2. The molecule has 1 saturated carbocycles. The van der Waals surface area contributed by atoms with Crippen LogP contribution in [0.25, 0.3) is 0 Å². The number of nitrogens with two attached hydrogens (primary N) is 1. The Morgan fingerprint density at radius 1 is 1.47 bits per heavy atom. The van der Waals surface area contributed by atoms with Gasteiger partial charge in [-0.3, -0.25) is 14.9 Å². The third kappa shape index (κ3) is 3.52. The summed E-state index contributed by atoms with van der Waals surface area (Å²) in [7, 11) is 0. The van der Waals surface area contributed by atoms with Crippen molar-refractivity contribution in [1.82, 2.24) is 20.8 Å². The Balaban J connectivity index is 1.82. The van der Waals surface area contributed by atoms with Gasteiger partial charge < -0.3 is 15.6 Å². The summed E-state index contributed by atoms with van der Waals surface area (Å²) < 4.78 is 4.83. The number of carbonyl (C=O) groups excluding carboxylic acids is 2. The maximum Gasteiger partial charge on any atom is 0.292 e. The number of primary amides is 1. The van der Waals surface area contributed by atoms with E-state index in [1.807, 2.05) is 0 Å². The number of carbonyl (C=O) groups is 2. The van der Waals surface area contributed by atoms with Crippen molar-refractivity contribution in [3.8, 4) is 0 Å². The molecule has 0 bridgehead atoms. The van der Waals surface area contributed by atoms with Crippen LogP contribution in [-0.4, -0.2) is 34.5 Å². The molecule has 2 amide bonds. The second-order valence-corrected chi connectivity index (χ2v) is 3.83. The van der Waals surface area contributed by atoms with Gasteiger partial charge in [0.05, 0.1) is 13.1 Å². The van der Waals surface area contributed by atoms with Gasteiger partial charge in [0, 0.05) is 6.04 Å². The van der Waals surface area contributed by atoms with Crippen molar-refractivity contribution < 1.29 is 14.1 Å². The van der Waals surface area contributed by atoms with Crippen LogP contribution in [-0.2, 0) is 11.3 Å². The maximum absolute atomic E-state index is 11.5. The van der Waals surface area contributed by atoms with Gasteiger partial charge in [0.15, 0.2) is 0 Å². The zero-order valence-electron chi connectivity index (χ0n) is 9.10. The van der Waals surface area contributed by atoms with Crippen LogP contribution in [0.4, 0.5) is 0 Å². The number of amides is 2. The molecule has 0 aromatic carbocycles. The first-order valence-electron chi connectivity index (χ1n) is 5.27.